The van der Waals surface area contributed by atoms with Crippen LogP contribution in [0.25, 0.3) is 16.5 Å². The number of aromatic nitrogens is 1. The van der Waals surface area contributed by atoms with Gasteiger partial charge in [0.15, 0.2) is 0 Å². The minimum atomic E-state index is -4.85. The van der Waals surface area contributed by atoms with Gasteiger partial charge in [-0.25, -0.2) is 13.1 Å². The van der Waals surface area contributed by atoms with Gasteiger partial charge in [0.25, 0.3) is 21.6 Å². The Balaban J connectivity index is 1.06. The van der Waals surface area contributed by atoms with Crippen LogP contribution in [0, 0.1) is 15.5 Å². The highest BCUT2D eigenvalue weighted by molar-refractivity contribution is 7.90. The first kappa shape index (κ1) is 45.9. The summed E-state index contributed by atoms with van der Waals surface area (Å²) < 4.78 is 79.1. The van der Waals surface area contributed by atoms with Gasteiger partial charge in [-0.05, 0) is 123 Å². The molecule has 5 aromatic rings. The van der Waals surface area contributed by atoms with E-state index >= 15 is 0 Å². The third-order valence-corrected chi connectivity index (χ3v) is 14.3. The number of hydrogen-bond donors (Lipinski definition) is 3. The molecule has 0 atom stereocenters. The molecule has 0 unspecified atom stereocenters. The number of halogens is 4. The van der Waals surface area contributed by atoms with Crippen LogP contribution >= 0.6 is 11.6 Å². The molecule has 344 valence electrons. The fourth-order valence-corrected chi connectivity index (χ4v) is 10.1. The number of sulfonamides is 1. The Kier molecular flexibility index (Phi) is 13.0. The Morgan fingerprint density at radius 2 is 1.68 bits per heavy atom. The lowest BCUT2D eigenvalue weighted by Crippen LogP contribution is -2.47. The number of nitro groups is 1. The van der Waals surface area contributed by atoms with E-state index in [9.17, 15) is 36.5 Å². The summed E-state index contributed by atoms with van der Waals surface area (Å²) in [4.78, 5) is 34.2. The molecule has 3 heterocycles. The van der Waals surface area contributed by atoms with Gasteiger partial charge in [0, 0.05) is 78.7 Å². The second-order valence-corrected chi connectivity index (χ2v) is 20.1. The highest BCUT2D eigenvalue weighted by atomic mass is 35.5. The molecule has 0 radical (unpaired) electrons. The fourth-order valence-electron chi connectivity index (χ4n) is 8.94. The Morgan fingerprint density at radius 1 is 0.954 bits per heavy atom. The third kappa shape index (κ3) is 10.6. The van der Waals surface area contributed by atoms with Gasteiger partial charge in [0.05, 0.1) is 15.4 Å². The van der Waals surface area contributed by atoms with E-state index in [1.807, 2.05) is 28.8 Å². The number of carbonyl (C=O) groups excluding carboxylic acids is 1. The minimum Gasteiger partial charge on any atom is -0.456 e. The quantitative estimate of drug-likeness (QED) is 0.0814. The second-order valence-electron chi connectivity index (χ2n) is 18.0. The number of fused-ring (bicyclic) bond motifs is 1. The maximum atomic E-state index is 14.5. The van der Waals surface area contributed by atoms with Gasteiger partial charge in [-0.2, -0.15) is 13.2 Å². The van der Waals surface area contributed by atoms with Crippen molar-refractivity contribution in [1.29, 1.82) is 0 Å². The molecule has 2 fully saturated rings. The lowest BCUT2D eigenvalue weighted by atomic mass is 9.72. The number of aromatic amines is 1. The summed E-state index contributed by atoms with van der Waals surface area (Å²) >= 11 is 6.22. The molecule has 3 N–H and O–H groups in total. The molecule has 0 bridgehead atoms. The number of carbonyl (C=O) groups is 1. The Hall–Kier alpha value is -5.62. The number of ether oxygens (including phenoxy) is 1. The van der Waals surface area contributed by atoms with E-state index in [4.69, 9.17) is 16.3 Å². The molecular formula is C47H51ClF3N7O6S. The van der Waals surface area contributed by atoms with Crippen molar-refractivity contribution in [2.45, 2.75) is 63.1 Å². The highest BCUT2D eigenvalue weighted by Gasteiger charge is 2.36. The molecule has 2 aliphatic heterocycles. The van der Waals surface area contributed by atoms with Gasteiger partial charge in [0.2, 0.25) is 0 Å². The number of nitrogens with zero attached hydrogens (tertiary/aromatic N) is 4. The topological polar surface area (TPSA) is 153 Å². The Morgan fingerprint density at radius 3 is 2.37 bits per heavy atom. The van der Waals surface area contributed by atoms with Crippen LogP contribution < -0.4 is 19.7 Å². The highest BCUT2D eigenvalue weighted by Crippen LogP contribution is 2.44. The molecule has 18 heteroatoms. The zero-order valence-corrected chi connectivity index (χ0v) is 37.9. The van der Waals surface area contributed by atoms with Gasteiger partial charge in [-0.1, -0.05) is 43.2 Å². The second kappa shape index (κ2) is 18.3. The van der Waals surface area contributed by atoms with Crippen LogP contribution in [-0.4, -0.2) is 92.9 Å². The summed E-state index contributed by atoms with van der Waals surface area (Å²) in [6.45, 7) is 9.40. The summed E-state index contributed by atoms with van der Waals surface area (Å²) in [6.07, 6.45) is 1.09. The van der Waals surface area contributed by atoms with Crippen molar-refractivity contribution in [2.24, 2.45) is 5.41 Å². The number of hydrogen-bond acceptors (Lipinski definition) is 10. The SMILES string of the molecule is CN1CCC(Nc2ccc(S(=O)(=O)NC(=O)c3ccc(N4CCN(CC5=C(c6ccc(Cl)cc6)CC(C)(C)CC5)CC4)cc3Oc3cc4cc[nH]c4cc3C(F)(F)F)cc2[N+](=O)[O-])CC1. The molecule has 0 saturated carbocycles. The molecule has 8 rings (SSSR count). The van der Waals surface area contributed by atoms with E-state index in [1.54, 1.807) is 12.1 Å². The number of piperidine rings is 1. The number of alkyl halides is 3. The van der Waals surface area contributed by atoms with Gasteiger partial charge in [-0.15, -0.1) is 0 Å². The molecule has 1 aliphatic carbocycles. The van der Waals surface area contributed by atoms with E-state index in [1.165, 1.54) is 47.2 Å². The molecule has 1 amide bonds. The normalized spacial score (nSPS) is 17.9. The van der Waals surface area contributed by atoms with Crippen molar-refractivity contribution < 1.29 is 36.0 Å². The number of H-pyrrole nitrogens is 1. The number of nitro benzene ring substituents is 1. The third-order valence-electron chi connectivity index (χ3n) is 12.7. The minimum absolute atomic E-state index is 0.0610. The summed E-state index contributed by atoms with van der Waals surface area (Å²) in [7, 11) is -2.76. The lowest BCUT2D eigenvalue weighted by Gasteiger charge is -2.39. The van der Waals surface area contributed by atoms with Crippen molar-refractivity contribution in [2.75, 3.05) is 63.1 Å². The first-order valence-electron chi connectivity index (χ1n) is 21.6. The van der Waals surface area contributed by atoms with Crippen LogP contribution in [0.5, 0.6) is 11.5 Å². The van der Waals surface area contributed by atoms with Gasteiger partial charge < -0.3 is 24.8 Å². The molecule has 3 aliphatic rings. The summed E-state index contributed by atoms with van der Waals surface area (Å²) in [5, 5.41) is 16.4. The predicted octanol–water partition coefficient (Wildman–Crippen LogP) is 9.95. The largest absolute Gasteiger partial charge is 0.456 e. The molecule has 65 heavy (non-hydrogen) atoms. The van der Waals surface area contributed by atoms with E-state index in [0.717, 1.165) is 69.9 Å². The van der Waals surface area contributed by atoms with Gasteiger partial charge in [-0.3, -0.25) is 19.8 Å². The summed E-state index contributed by atoms with van der Waals surface area (Å²) in [6, 6.07) is 19.3. The number of nitrogens with one attached hydrogen (secondary N) is 3. The van der Waals surface area contributed by atoms with E-state index < -0.39 is 48.9 Å². The number of benzene rings is 4. The Labute approximate surface area is 380 Å². The molecule has 0 spiro atoms. The molecule has 2 saturated heterocycles. The van der Waals surface area contributed by atoms with Crippen LogP contribution in [0.3, 0.4) is 0 Å². The maximum absolute atomic E-state index is 14.5. The summed E-state index contributed by atoms with van der Waals surface area (Å²) in [5.74, 6) is -2.11. The number of piperazine rings is 1. The molecule has 1 aromatic heterocycles. The number of likely N-dealkylation sites (tertiary alicyclic amines) is 1. The maximum Gasteiger partial charge on any atom is 0.420 e. The van der Waals surface area contributed by atoms with Gasteiger partial charge in [0.1, 0.15) is 22.7 Å². The van der Waals surface area contributed by atoms with E-state index in [0.29, 0.717) is 42.3 Å². The molecule has 13 nitrogen and oxygen atoms in total. The number of amides is 1. The van der Waals surface area contributed by atoms with Crippen LogP contribution in [0.15, 0.2) is 95.5 Å². The summed E-state index contributed by atoms with van der Waals surface area (Å²) in [5.41, 5.74) is 3.00. The first-order valence-corrected chi connectivity index (χ1v) is 23.4. The molecular weight excluding hydrogens is 883 g/mol. The first-order chi connectivity index (χ1) is 30.8. The monoisotopic (exact) mass is 933 g/mol. The van der Waals surface area contributed by atoms with Crippen LogP contribution in [0.4, 0.5) is 30.2 Å². The average Bonchev–Trinajstić information content (AvgIpc) is 3.72. The molecule has 4 aromatic carbocycles. The van der Waals surface area contributed by atoms with Gasteiger partial charge >= 0.3 is 6.18 Å². The average molecular weight is 934 g/mol. The van der Waals surface area contributed by atoms with Crippen molar-refractivity contribution in [3.05, 3.63) is 122 Å². The predicted molar refractivity (Wildman–Crippen MR) is 246 cm³/mol. The zero-order chi connectivity index (χ0) is 46.3. The van der Waals surface area contributed by atoms with Crippen LogP contribution in [0.1, 0.15) is 67.4 Å². The van der Waals surface area contributed by atoms with Crippen molar-refractivity contribution >= 4 is 61.1 Å². The van der Waals surface area contributed by atoms with Crippen molar-refractivity contribution in [1.82, 2.24) is 19.5 Å². The van der Waals surface area contributed by atoms with E-state index in [2.05, 4.69) is 46.1 Å². The van der Waals surface area contributed by atoms with Crippen LogP contribution in [0.2, 0.25) is 5.02 Å². The van der Waals surface area contributed by atoms with E-state index in [-0.39, 0.29) is 34.0 Å². The fraction of sp³-hybridized carbons (Fsp3) is 0.383. The lowest BCUT2D eigenvalue weighted by molar-refractivity contribution is -0.384. The Bertz CT molecular complexity index is 2740. The van der Waals surface area contributed by atoms with Crippen molar-refractivity contribution in [3.8, 4) is 11.5 Å². The number of rotatable bonds is 12. The zero-order valence-electron chi connectivity index (χ0n) is 36.3. The smallest absolute Gasteiger partial charge is 0.420 e. The van der Waals surface area contributed by atoms with Crippen LogP contribution in [-0.2, 0) is 16.2 Å². The number of anilines is 2. The standard InChI is InChI=1S/C47H51ClF3N7O6S/c1-46(2)16-12-32(38(28-46)30-4-6-33(48)7-5-30)29-56-20-22-57(23-21-56)35-8-10-37(43(25-35)64-44-24-31-13-17-52-41(31)27-39(44)47(49,50)51)45(59)54-65(62,63)36-9-11-40(42(26-36)58(60)61)53-34-14-18-55(3)19-15-34/h4-11,13,17,24-27,34,52-53H,12,14-16,18-23,28-29H2,1-3H3,(H,54,59). The number of allylic oxidation sites excluding steroid dienone is 1. The van der Waals surface area contributed by atoms with Crippen molar-refractivity contribution in [3.63, 3.8) is 0 Å².